The number of hydrogen-bond donors (Lipinski definition) is 0. The van der Waals surface area contributed by atoms with Crippen LogP contribution in [-0.2, 0) is 0 Å². The third-order valence-corrected chi connectivity index (χ3v) is 13.3. The number of benzene rings is 2. The van der Waals surface area contributed by atoms with Gasteiger partial charge in [0, 0.05) is 0 Å². The molecule has 4 fully saturated rings. The Morgan fingerprint density at radius 2 is 0.345 bits per heavy atom. The second kappa shape index (κ2) is 28.3. The maximum absolute atomic E-state index is 2.99. The van der Waals surface area contributed by atoms with Gasteiger partial charge in [0.25, 0.3) is 0 Å². The Balaban J connectivity index is 0.000000706. The monoisotopic (exact) mass is 1020 g/mol. The molecule has 0 unspecified atom stereocenters. The van der Waals surface area contributed by atoms with Crippen LogP contribution in [0.5, 0.6) is 0 Å². The number of hydrogen-bond acceptors (Lipinski definition) is 0. The van der Waals surface area contributed by atoms with E-state index in [1.807, 2.05) is 60.7 Å². The Morgan fingerprint density at radius 3 is 0.466 bits per heavy atom. The van der Waals surface area contributed by atoms with E-state index in [0.29, 0.717) is 0 Å². The van der Waals surface area contributed by atoms with Gasteiger partial charge in [0.15, 0.2) is 0 Å². The van der Waals surface area contributed by atoms with E-state index in [2.05, 4.69) is 162 Å². The van der Waals surface area contributed by atoms with Gasteiger partial charge >= 0.3 is 83.5 Å². The first kappa shape index (κ1) is 58.5. The second-order valence-corrected chi connectivity index (χ2v) is 15.7. The predicted molar refractivity (Wildman–Crippen MR) is 243 cm³/mol. The zero-order chi connectivity index (χ0) is 42.6. The Morgan fingerprint density at radius 1 is 0.224 bits per heavy atom. The normalized spacial score (nSPS) is 22.1. The van der Waals surface area contributed by atoms with Gasteiger partial charge < -0.3 is 0 Å². The molecule has 22 radical (unpaired) electrons. The van der Waals surface area contributed by atoms with Crippen molar-refractivity contribution >= 4 is 0 Å². The molecule has 2 heteroatoms. The molecule has 2 aromatic carbocycles. The molecule has 0 bridgehead atoms. The van der Waals surface area contributed by atoms with Gasteiger partial charge in [0.1, 0.15) is 0 Å². The SMILES string of the molecule is C(=C=[C-]c1ccccc1)=[C-]c1ccccc1.C[C]1[C](C)[C](C)[C](C)[C]1C.C[C]1[C](C)[C](C)[C](C)[C]1C.C[C]1[C](C)[C](C)[C](C)[C]1C.C[C]1[C](C)[C](C)[C](C)[C]1C.[Ce+3].[Ce+3]. The first-order chi connectivity index (χ1) is 26.2. The fourth-order valence-electron chi connectivity index (χ4n) is 6.87. The van der Waals surface area contributed by atoms with Crippen molar-refractivity contribution < 1.29 is 83.5 Å². The predicted octanol–water partition coefficient (Wildman–Crippen LogP) is 15.4. The van der Waals surface area contributed by atoms with Gasteiger partial charge in [-0.05, 0) is 118 Å². The van der Waals surface area contributed by atoms with Crippen molar-refractivity contribution in [2.45, 2.75) is 138 Å². The van der Waals surface area contributed by atoms with Crippen LogP contribution in [0.25, 0.3) is 0 Å². The zero-order valence-corrected chi connectivity index (χ0v) is 46.1. The Kier molecular flexibility index (Phi) is 28.6. The molecular formula is C56H70Ce2+4. The minimum atomic E-state index is 0. The van der Waals surface area contributed by atoms with Crippen molar-refractivity contribution in [1.29, 1.82) is 0 Å². The third kappa shape index (κ3) is 16.2. The van der Waals surface area contributed by atoms with E-state index in [9.17, 15) is 0 Å². The molecule has 0 saturated heterocycles. The van der Waals surface area contributed by atoms with Gasteiger partial charge in [-0.15, -0.1) is 60.7 Å². The summed E-state index contributed by atoms with van der Waals surface area (Å²) in [5.74, 6) is 29.4. The van der Waals surface area contributed by atoms with E-state index in [1.54, 1.807) is 0 Å². The molecule has 58 heavy (non-hydrogen) atoms. The Bertz CT molecular complexity index is 1120. The fourth-order valence-corrected chi connectivity index (χ4v) is 6.87. The minimum absolute atomic E-state index is 0. The van der Waals surface area contributed by atoms with Gasteiger partial charge in [-0.2, -0.15) is 11.1 Å². The molecule has 4 aliphatic rings. The maximum atomic E-state index is 2.99. The van der Waals surface area contributed by atoms with Crippen molar-refractivity contribution in [3.05, 3.63) is 214 Å². The summed E-state index contributed by atoms with van der Waals surface area (Å²) >= 11 is 0. The molecule has 0 aliphatic heterocycles. The summed E-state index contributed by atoms with van der Waals surface area (Å²) < 4.78 is 0. The first-order valence-corrected chi connectivity index (χ1v) is 20.1. The molecule has 0 aromatic heterocycles. The first-order valence-electron chi connectivity index (χ1n) is 20.1. The Hall–Kier alpha value is 0.493. The van der Waals surface area contributed by atoms with E-state index in [-0.39, 0.29) is 83.5 Å². The molecule has 0 heterocycles. The van der Waals surface area contributed by atoms with Gasteiger partial charge in [-0.1, -0.05) is 151 Å². The summed E-state index contributed by atoms with van der Waals surface area (Å²) in [6, 6.07) is 19.7. The standard InChI is InChI=1S/C16H10.4C10H15.2Ce/c1-3-9-15(10-4-1)13-7-8-14-16-11-5-2-6-12-16;4*1-6-7(2)9(4)10(5)8(6)3;;/h1-6,9-12H;4*1-5H3;;/q-2;;;;;2*+3. The molecule has 2 aromatic rings. The molecule has 0 N–H and O–H groups in total. The molecule has 6 rings (SSSR count). The van der Waals surface area contributed by atoms with Crippen LogP contribution in [0.2, 0.25) is 0 Å². The van der Waals surface area contributed by atoms with Crippen molar-refractivity contribution in [3.8, 4) is 0 Å². The third-order valence-electron chi connectivity index (χ3n) is 13.3. The average Bonchev–Trinajstić information content (AvgIpc) is 3.65. The van der Waals surface area contributed by atoms with Crippen molar-refractivity contribution in [2.75, 3.05) is 0 Å². The van der Waals surface area contributed by atoms with Crippen LogP contribution in [0.1, 0.15) is 150 Å². The van der Waals surface area contributed by atoms with Gasteiger partial charge in [0.05, 0.1) is 0 Å². The quantitative estimate of drug-likeness (QED) is 0.208. The van der Waals surface area contributed by atoms with Gasteiger partial charge in [0.2, 0.25) is 0 Å². The maximum Gasteiger partial charge on any atom is 3.00 e. The van der Waals surface area contributed by atoms with Crippen molar-refractivity contribution in [1.82, 2.24) is 0 Å². The average molecular weight is 1020 g/mol. The van der Waals surface area contributed by atoms with Crippen LogP contribution < -0.4 is 0 Å². The largest absolute Gasteiger partial charge is 3.00 e. The van der Waals surface area contributed by atoms with E-state index in [4.69, 9.17) is 0 Å². The smallest absolute Gasteiger partial charge is 0.296 e. The van der Waals surface area contributed by atoms with E-state index < -0.39 is 0 Å². The molecule has 0 atom stereocenters. The van der Waals surface area contributed by atoms with Gasteiger partial charge in [-0.25, -0.2) is 0 Å². The summed E-state index contributed by atoms with van der Waals surface area (Å²) in [5.41, 5.74) is 7.66. The fraction of sp³-hybridized carbons (Fsp3) is 0.357. The van der Waals surface area contributed by atoms with Crippen LogP contribution >= 0.6 is 0 Å². The second-order valence-electron chi connectivity index (χ2n) is 15.7. The summed E-state index contributed by atoms with van der Waals surface area (Å²) in [6.45, 7) is 44.0. The van der Waals surface area contributed by atoms with Crippen LogP contribution in [0.3, 0.4) is 0 Å². The molecule has 298 valence electrons. The van der Waals surface area contributed by atoms with Gasteiger partial charge in [-0.3, -0.25) is 11.5 Å². The van der Waals surface area contributed by atoms with Crippen molar-refractivity contribution in [3.63, 3.8) is 0 Å². The minimum Gasteiger partial charge on any atom is -0.296 e. The van der Waals surface area contributed by atoms with Crippen LogP contribution in [0.15, 0.2) is 72.1 Å². The summed E-state index contributed by atoms with van der Waals surface area (Å²) in [5, 5.41) is 0. The van der Waals surface area contributed by atoms with E-state index >= 15 is 0 Å². The van der Waals surface area contributed by atoms with E-state index in [1.165, 1.54) is 118 Å². The van der Waals surface area contributed by atoms with Crippen LogP contribution in [0, 0.1) is 214 Å². The summed E-state index contributed by atoms with van der Waals surface area (Å²) in [7, 11) is 0. The van der Waals surface area contributed by atoms with Crippen LogP contribution in [0.4, 0.5) is 0 Å². The molecule has 0 spiro atoms. The number of rotatable bonds is 2. The molecule has 0 nitrogen and oxygen atoms in total. The molecule has 4 saturated carbocycles. The zero-order valence-electron chi connectivity index (χ0n) is 39.8. The van der Waals surface area contributed by atoms with E-state index in [0.717, 1.165) is 11.1 Å². The molecule has 4 aliphatic carbocycles. The van der Waals surface area contributed by atoms with Crippen LogP contribution in [-0.4, -0.2) is 0 Å². The topological polar surface area (TPSA) is 0 Å². The summed E-state index contributed by atoms with van der Waals surface area (Å²) in [4.78, 5) is 0. The molecular weight excluding hydrogens is 953 g/mol. The Labute approximate surface area is 430 Å². The van der Waals surface area contributed by atoms with Crippen molar-refractivity contribution in [2.24, 2.45) is 0 Å². The molecule has 0 amide bonds. The summed E-state index contributed by atoms with van der Waals surface area (Å²) in [6.07, 6.45) is 5.98.